The Labute approximate surface area is 118 Å². The molecule has 0 atom stereocenters. The number of hydrogen-bond donors (Lipinski definition) is 0. The number of benzene rings is 1. The lowest BCUT2D eigenvalue weighted by Gasteiger charge is -2.18. The molecule has 0 bridgehead atoms. The number of likely N-dealkylation sites (N-methyl/N-ethyl adjacent to an activating group) is 1. The zero-order valence-corrected chi connectivity index (χ0v) is 12.1. The molecule has 1 aromatic rings. The molecule has 0 aromatic heterocycles. The molecule has 5 nitrogen and oxygen atoms in total. The predicted molar refractivity (Wildman–Crippen MR) is 73.4 cm³/mol. The Balaban J connectivity index is 2.64. The molecular formula is C13H18ClNO4. The summed E-state index contributed by atoms with van der Waals surface area (Å²) in [5.74, 6) is 1.53. The second-order valence-electron chi connectivity index (χ2n) is 3.79. The van der Waals surface area contributed by atoms with Crippen LogP contribution in [-0.2, 0) is 4.79 Å². The van der Waals surface area contributed by atoms with Crippen molar-refractivity contribution >= 4 is 17.5 Å². The van der Waals surface area contributed by atoms with Crippen molar-refractivity contribution in [1.82, 2.24) is 4.90 Å². The van der Waals surface area contributed by atoms with Crippen molar-refractivity contribution in [3.8, 4) is 17.2 Å². The Morgan fingerprint density at radius 3 is 2.32 bits per heavy atom. The van der Waals surface area contributed by atoms with Gasteiger partial charge in [-0.15, -0.1) is 11.6 Å². The molecule has 19 heavy (non-hydrogen) atoms. The fourth-order valence-electron chi connectivity index (χ4n) is 1.47. The van der Waals surface area contributed by atoms with Crippen LogP contribution in [0.2, 0.25) is 0 Å². The van der Waals surface area contributed by atoms with E-state index in [4.69, 9.17) is 25.8 Å². The molecule has 0 saturated carbocycles. The van der Waals surface area contributed by atoms with Gasteiger partial charge in [0.25, 0.3) is 0 Å². The van der Waals surface area contributed by atoms with Crippen LogP contribution in [-0.4, -0.2) is 51.1 Å². The third-order valence-corrected chi connectivity index (χ3v) is 2.82. The molecular weight excluding hydrogens is 270 g/mol. The monoisotopic (exact) mass is 287 g/mol. The Kier molecular flexibility index (Phi) is 6.29. The normalized spacial score (nSPS) is 9.89. The van der Waals surface area contributed by atoms with Gasteiger partial charge in [-0.3, -0.25) is 4.79 Å². The van der Waals surface area contributed by atoms with Gasteiger partial charge in [-0.1, -0.05) is 6.07 Å². The Morgan fingerprint density at radius 2 is 1.84 bits per heavy atom. The van der Waals surface area contributed by atoms with E-state index in [1.807, 2.05) is 6.07 Å². The zero-order valence-electron chi connectivity index (χ0n) is 11.3. The molecule has 0 heterocycles. The zero-order chi connectivity index (χ0) is 14.3. The molecule has 0 saturated heterocycles. The van der Waals surface area contributed by atoms with Crippen molar-refractivity contribution < 1.29 is 19.0 Å². The van der Waals surface area contributed by atoms with Crippen molar-refractivity contribution in [2.24, 2.45) is 0 Å². The van der Waals surface area contributed by atoms with Crippen LogP contribution in [0.15, 0.2) is 18.2 Å². The van der Waals surface area contributed by atoms with Crippen molar-refractivity contribution in [2.45, 2.75) is 0 Å². The van der Waals surface area contributed by atoms with Crippen LogP contribution in [0.5, 0.6) is 17.2 Å². The van der Waals surface area contributed by atoms with Crippen molar-refractivity contribution in [2.75, 3.05) is 40.3 Å². The molecule has 1 amide bonds. The fraction of sp³-hybridized carbons (Fsp3) is 0.462. The summed E-state index contributed by atoms with van der Waals surface area (Å²) < 4.78 is 16.0. The first kappa shape index (κ1) is 15.4. The van der Waals surface area contributed by atoms with Gasteiger partial charge >= 0.3 is 0 Å². The van der Waals surface area contributed by atoms with Crippen LogP contribution in [0.4, 0.5) is 0 Å². The Hall–Kier alpha value is -1.62. The molecule has 6 heteroatoms. The molecule has 0 aliphatic carbocycles. The van der Waals surface area contributed by atoms with Gasteiger partial charge in [-0.2, -0.15) is 0 Å². The summed E-state index contributed by atoms with van der Waals surface area (Å²) in [7, 11) is 4.79. The smallest absolute Gasteiger partial charge is 0.237 e. The van der Waals surface area contributed by atoms with E-state index in [9.17, 15) is 4.79 Å². The van der Waals surface area contributed by atoms with Gasteiger partial charge in [0.2, 0.25) is 11.7 Å². The Morgan fingerprint density at radius 1 is 1.26 bits per heavy atom. The van der Waals surface area contributed by atoms with E-state index < -0.39 is 0 Å². The summed E-state index contributed by atoms with van der Waals surface area (Å²) in [6.45, 7) is 0.766. The first-order chi connectivity index (χ1) is 9.13. The number of hydrogen-bond acceptors (Lipinski definition) is 4. The number of para-hydroxylation sites is 1. The van der Waals surface area contributed by atoms with Crippen LogP contribution in [0.1, 0.15) is 0 Å². The molecule has 1 aromatic carbocycles. The van der Waals surface area contributed by atoms with E-state index in [0.717, 1.165) is 0 Å². The van der Waals surface area contributed by atoms with Crippen LogP contribution in [0.25, 0.3) is 0 Å². The summed E-state index contributed by atoms with van der Waals surface area (Å²) in [5.41, 5.74) is 0. The number of carbonyl (C=O) groups excluding carboxylic acids is 1. The summed E-state index contributed by atoms with van der Waals surface area (Å²) in [4.78, 5) is 12.8. The highest BCUT2D eigenvalue weighted by Crippen LogP contribution is 2.36. The van der Waals surface area contributed by atoms with Gasteiger partial charge in [0.15, 0.2) is 11.5 Å². The highest BCUT2D eigenvalue weighted by atomic mass is 35.5. The minimum Gasteiger partial charge on any atom is -0.493 e. The van der Waals surface area contributed by atoms with Crippen LogP contribution in [0.3, 0.4) is 0 Å². The van der Waals surface area contributed by atoms with E-state index in [2.05, 4.69) is 0 Å². The number of amides is 1. The minimum atomic E-state index is -0.141. The third-order valence-electron chi connectivity index (χ3n) is 2.60. The van der Waals surface area contributed by atoms with Gasteiger partial charge < -0.3 is 19.1 Å². The molecule has 0 aliphatic rings. The van der Waals surface area contributed by atoms with Crippen LogP contribution < -0.4 is 14.2 Å². The number of alkyl halides is 1. The number of rotatable bonds is 7. The third kappa shape index (κ3) is 4.21. The van der Waals surface area contributed by atoms with Gasteiger partial charge in [0.05, 0.1) is 20.8 Å². The van der Waals surface area contributed by atoms with E-state index in [1.165, 1.54) is 4.90 Å². The number of methoxy groups -OCH3 is 2. The first-order valence-electron chi connectivity index (χ1n) is 5.77. The average Bonchev–Trinajstić information content (AvgIpc) is 2.46. The largest absolute Gasteiger partial charge is 0.493 e. The molecule has 0 spiro atoms. The summed E-state index contributed by atoms with van der Waals surface area (Å²) in [6.07, 6.45) is 0. The second-order valence-corrected chi connectivity index (χ2v) is 4.06. The fourth-order valence-corrected chi connectivity index (χ4v) is 1.67. The van der Waals surface area contributed by atoms with E-state index in [0.29, 0.717) is 30.4 Å². The second kappa shape index (κ2) is 7.74. The highest BCUT2D eigenvalue weighted by Gasteiger charge is 2.12. The molecule has 106 valence electrons. The van der Waals surface area contributed by atoms with Crippen LogP contribution >= 0.6 is 11.6 Å². The lowest BCUT2D eigenvalue weighted by molar-refractivity contribution is -0.127. The van der Waals surface area contributed by atoms with E-state index in [1.54, 1.807) is 33.4 Å². The van der Waals surface area contributed by atoms with Gasteiger partial charge in [0, 0.05) is 7.05 Å². The standard InChI is InChI=1S/C13H18ClNO4/c1-15(12(16)9-14)7-8-19-13-10(17-2)5-4-6-11(13)18-3/h4-6H,7-9H2,1-3H3. The van der Waals surface area contributed by atoms with Crippen molar-refractivity contribution in [3.63, 3.8) is 0 Å². The van der Waals surface area contributed by atoms with Gasteiger partial charge in [0.1, 0.15) is 12.5 Å². The van der Waals surface area contributed by atoms with E-state index >= 15 is 0 Å². The molecule has 0 aliphatic heterocycles. The average molecular weight is 288 g/mol. The molecule has 0 N–H and O–H groups in total. The van der Waals surface area contributed by atoms with Gasteiger partial charge in [-0.25, -0.2) is 0 Å². The number of carbonyl (C=O) groups is 1. The quantitative estimate of drug-likeness (QED) is 0.717. The van der Waals surface area contributed by atoms with Crippen LogP contribution in [0, 0.1) is 0 Å². The van der Waals surface area contributed by atoms with E-state index in [-0.39, 0.29) is 11.8 Å². The SMILES string of the molecule is COc1cccc(OC)c1OCCN(C)C(=O)CCl. The lowest BCUT2D eigenvalue weighted by atomic mass is 10.3. The summed E-state index contributed by atoms with van der Waals surface area (Å²) >= 11 is 5.47. The number of nitrogens with zero attached hydrogens (tertiary/aromatic N) is 1. The predicted octanol–water partition coefficient (Wildman–Crippen LogP) is 1.78. The topological polar surface area (TPSA) is 48.0 Å². The molecule has 0 unspecified atom stereocenters. The maximum absolute atomic E-state index is 11.3. The molecule has 0 radical (unpaired) electrons. The van der Waals surface area contributed by atoms with Crippen molar-refractivity contribution in [3.05, 3.63) is 18.2 Å². The summed E-state index contributed by atoms with van der Waals surface area (Å²) in [5, 5.41) is 0. The molecule has 1 rings (SSSR count). The minimum absolute atomic E-state index is 0.0333. The maximum Gasteiger partial charge on any atom is 0.237 e. The van der Waals surface area contributed by atoms with Gasteiger partial charge in [-0.05, 0) is 12.1 Å². The number of halogens is 1. The lowest BCUT2D eigenvalue weighted by Crippen LogP contribution is -2.31. The first-order valence-corrected chi connectivity index (χ1v) is 6.31. The highest BCUT2D eigenvalue weighted by molar-refractivity contribution is 6.27. The number of ether oxygens (including phenoxy) is 3. The summed E-state index contributed by atoms with van der Waals surface area (Å²) in [6, 6.07) is 5.38. The van der Waals surface area contributed by atoms with Crippen molar-refractivity contribution in [1.29, 1.82) is 0 Å². The maximum atomic E-state index is 11.3. The molecule has 0 fully saturated rings. The Bertz CT molecular complexity index is 403.